The number of ether oxygens (including phenoxy) is 2. The van der Waals surface area contributed by atoms with Gasteiger partial charge >= 0.3 is 0 Å². The van der Waals surface area contributed by atoms with Crippen LogP contribution >= 0.6 is 11.3 Å². The third-order valence-corrected chi connectivity index (χ3v) is 4.66. The molecule has 0 saturated carbocycles. The maximum Gasteiger partial charge on any atom is 0.131 e. The summed E-state index contributed by atoms with van der Waals surface area (Å²) in [5.74, 6) is 0.913. The van der Waals surface area contributed by atoms with E-state index in [1.54, 1.807) is 11.3 Å². The molecule has 1 aliphatic heterocycles. The summed E-state index contributed by atoms with van der Waals surface area (Å²) in [6.45, 7) is 6.13. The second-order valence-corrected chi connectivity index (χ2v) is 7.01. The van der Waals surface area contributed by atoms with Gasteiger partial charge < -0.3 is 9.47 Å². The molecule has 1 atom stereocenters. The first-order chi connectivity index (χ1) is 11.3. The molecule has 0 unspecified atom stereocenters. The number of hydrogen-bond donors (Lipinski definition) is 0. The molecule has 2 aromatic rings. The van der Waals surface area contributed by atoms with Crippen LogP contribution < -0.4 is 4.74 Å². The van der Waals surface area contributed by atoms with Crippen molar-refractivity contribution in [2.24, 2.45) is 0 Å². The number of aromatic nitrogens is 2. The Hall–Kier alpha value is -1.50. The molecule has 0 spiro atoms. The van der Waals surface area contributed by atoms with Crippen molar-refractivity contribution in [1.82, 2.24) is 15.1 Å². The van der Waals surface area contributed by atoms with Gasteiger partial charge in [-0.05, 0) is 31.9 Å². The van der Waals surface area contributed by atoms with Crippen LogP contribution in [0.1, 0.15) is 22.9 Å². The molecule has 1 aromatic heterocycles. The molecule has 0 aliphatic carbocycles. The number of nitrogens with zero attached hydrogens (tertiary/aromatic N) is 3. The third-order valence-electron chi connectivity index (χ3n) is 3.83. The molecule has 124 valence electrons. The van der Waals surface area contributed by atoms with Crippen molar-refractivity contribution < 1.29 is 9.47 Å². The molecule has 1 aliphatic rings. The summed E-state index contributed by atoms with van der Waals surface area (Å²) in [4.78, 5) is 2.36. The maximum atomic E-state index is 5.83. The normalized spacial score (nSPS) is 17.7. The van der Waals surface area contributed by atoms with Crippen molar-refractivity contribution in [2.45, 2.75) is 32.4 Å². The Balaban J connectivity index is 1.53. The number of aryl methyl sites for hydroxylation is 1. The van der Waals surface area contributed by atoms with Crippen LogP contribution in [0, 0.1) is 6.92 Å². The Kier molecular flexibility index (Phi) is 5.96. The smallest absolute Gasteiger partial charge is 0.131 e. The average Bonchev–Trinajstić information content (AvgIpc) is 3.20. The highest BCUT2D eigenvalue weighted by atomic mass is 32.1. The highest BCUT2D eigenvalue weighted by Crippen LogP contribution is 2.17. The van der Waals surface area contributed by atoms with E-state index in [1.165, 1.54) is 0 Å². The Morgan fingerprint density at radius 3 is 2.87 bits per heavy atom. The number of benzene rings is 1. The summed E-state index contributed by atoms with van der Waals surface area (Å²) in [5, 5.41) is 10.4. The van der Waals surface area contributed by atoms with Crippen LogP contribution in [0.4, 0.5) is 0 Å². The third kappa shape index (κ3) is 5.27. The van der Waals surface area contributed by atoms with E-state index in [-0.39, 0.29) is 0 Å². The van der Waals surface area contributed by atoms with Gasteiger partial charge in [0.15, 0.2) is 0 Å². The lowest BCUT2D eigenvalue weighted by Crippen LogP contribution is -2.35. The predicted molar refractivity (Wildman–Crippen MR) is 90.8 cm³/mol. The first kappa shape index (κ1) is 16.4. The molecule has 1 fully saturated rings. The van der Waals surface area contributed by atoms with Gasteiger partial charge in [-0.3, -0.25) is 4.90 Å². The van der Waals surface area contributed by atoms with Gasteiger partial charge in [0.1, 0.15) is 22.4 Å². The average molecular weight is 333 g/mol. The number of para-hydroxylation sites is 1. The van der Waals surface area contributed by atoms with E-state index in [0.717, 1.165) is 54.8 Å². The van der Waals surface area contributed by atoms with Crippen LogP contribution in [0.15, 0.2) is 30.3 Å². The van der Waals surface area contributed by atoms with Gasteiger partial charge in [-0.15, -0.1) is 21.5 Å². The maximum absolute atomic E-state index is 5.83. The van der Waals surface area contributed by atoms with Gasteiger partial charge in [0, 0.05) is 19.7 Å². The van der Waals surface area contributed by atoms with E-state index >= 15 is 0 Å². The van der Waals surface area contributed by atoms with E-state index in [0.29, 0.717) is 12.7 Å². The monoisotopic (exact) mass is 333 g/mol. The predicted octanol–water partition coefficient (Wildman–Crippen LogP) is 2.91. The van der Waals surface area contributed by atoms with Crippen molar-refractivity contribution in [2.75, 3.05) is 26.3 Å². The van der Waals surface area contributed by atoms with Crippen molar-refractivity contribution >= 4 is 11.3 Å². The van der Waals surface area contributed by atoms with E-state index in [2.05, 4.69) is 15.1 Å². The zero-order valence-electron chi connectivity index (χ0n) is 13.5. The standard InChI is InChI=1S/C17H23N3O2S/c1-14-18-19-17(23-14)13-20(12-16-8-5-10-21-16)9-11-22-15-6-3-2-4-7-15/h2-4,6-7,16H,5,8-13H2,1H3/t16-/m0/s1. The lowest BCUT2D eigenvalue weighted by molar-refractivity contribution is 0.0653. The van der Waals surface area contributed by atoms with Crippen LogP contribution in [-0.4, -0.2) is 47.5 Å². The quantitative estimate of drug-likeness (QED) is 0.743. The zero-order chi connectivity index (χ0) is 15.9. The Morgan fingerprint density at radius 2 is 2.17 bits per heavy atom. The first-order valence-electron chi connectivity index (χ1n) is 8.10. The van der Waals surface area contributed by atoms with Crippen LogP contribution in [0.3, 0.4) is 0 Å². The molecule has 0 N–H and O–H groups in total. The van der Waals surface area contributed by atoms with Gasteiger partial charge in [-0.1, -0.05) is 18.2 Å². The molecule has 1 aromatic carbocycles. The number of rotatable bonds is 8. The molecule has 3 rings (SSSR count). The minimum Gasteiger partial charge on any atom is -0.492 e. The first-order valence-corrected chi connectivity index (χ1v) is 8.92. The second kappa shape index (κ2) is 8.38. The molecule has 1 saturated heterocycles. The highest BCUT2D eigenvalue weighted by molar-refractivity contribution is 7.11. The molecule has 0 amide bonds. The molecule has 6 heteroatoms. The van der Waals surface area contributed by atoms with Crippen molar-refractivity contribution in [1.29, 1.82) is 0 Å². The van der Waals surface area contributed by atoms with Crippen molar-refractivity contribution in [3.05, 3.63) is 40.3 Å². The fraction of sp³-hybridized carbons (Fsp3) is 0.529. The van der Waals surface area contributed by atoms with E-state index < -0.39 is 0 Å². The zero-order valence-corrected chi connectivity index (χ0v) is 14.3. The molecule has 2 heterocycles. The minimum absolute atomic E-state index is 0.334. The van der Waals surface area contributed by atoms with E-state index in [4.69, 9.17) is 9.47 Å². The minimum atomic E-state index is 0.334. The summed E-state index contributed by atoms with van der Waals surface area (Å²) >= 11 is 1.66. The SMILES string of the molecule is Cc1nnc(CN(CCOc2ccccc2)C[C@@H]2CCCO2)s1. The molecule has 0 bridgehead atoms. The largest absolute Gasteiger partial charge is 0.492 e. The van der Waals surface area contributed by atoms with Crippen LogP contribution in [0.5, 0.6) is 5.75 Å². The highest BCUT2D eigenvalue weighted by Gasteiger charge is 2.20. The van der Waals surface area contributed by atoms with Crippen LogP contribution in [0.25, 0.3) is 0 Å². The van der Waals surface area contributed by atoms with Crippen molar-refractivity contribution in [3.8, 4) is 5.75 Å². The van der Waals surface area contributed by atoms with Crippen LogP contribution in [0.2, 0.25) is 0 Å². The second-order valence-electron chi connectivity index (χ2n) is 5.75. The number of hydrogen-bond acceptors (Lipinski definition) is 6. The molecular formula is C17H23N3O2S. The van der Waals surface area contributed by atoms with Gasteiger partial charge in [-0.25, -0.2) is 0 Å². The molecular weight excluding hydrogens is 310 g/mol. The Labute approximate surface area is 141 Å². The van der Waals surface area contributed by atoms with Crippen LogP contribution in [-0.2, 0) is 11.3 Å². The topological polar surface area (TPSA) is 47.5 Å². The van der Waals surface area contributed by atoms with Gasteiger partial charge in [0.25, 0.3) is 0 Å². The fourth-order valence-electron chi connectivity index (χ4n) is 2.71. The summed E-state index contributed by atoms with van der Waals surface area (Å²) < 4.78 is 11.6. The lowest BCUT2D eigenvalue weighted by atomic mass is 10.2. The molecule has 5 nitrogen and oxygen atoms in total. The fourth-order valence-corrected chi connectivity index (χ4v) is 3.46. The van der Waals surface area contributed by atoms with E-state index in [9.17, 15) is 0 Å². The molecule has 0 radical (unpaired) electrons. The van der Waals surface area contributed by atoms with E-state index in [1.807, 2.05) is 37.3 Å². The summed E-state index contributed by atoms with van der Waals surface area (Å²) in [6.07, 6.45) is 2.64. The Bertz CT molecular complexity index is 585. The van der Waals surface area contributed by atoms with Gasteiger partial charge in [0.2, 0.25) is 0 Å². The summed E-state index contributed by atoms with van der Waals surface area (Å²) in [5.41, 5.74) is 0. The van der Waals surface area contributed by atoms with Gasteiger partial charge in [0.05, 0.1) is 12.6 Å². The summed E-state index contributed by atoms with van der Waals surface area (Å²) in [7, 11) is 0. The van der Waals surface area contributed by atoms with Crippen molar-refractivity contribution in [3.63, 3.8) is 0 Å². The van der Waals surface area contributed by atoms with Gasteiger partial charge in [-0.2, -0.15) is 0 Å². The summed E-state index contributed by atoms with van der Waals surface area (Å²) in [6, 6.07) is 9.94. The Morgan fingerprint density at radius 1 is 1.30 bits per heavy atom. The lowest BCUT2D eigenvalue weighted by Gasteiger charge is -2.24. The molecule has 23 heavy (non-hydrogen) atoms.